The quantitative estimate of drug-likeness (QED) is 0.248. The van der Waals surface area contributed by atoms with Gasteiger partial charge in [0.2, 0.25) is 5.95 Å². The molecular weight excluding hydrogens is 490 g/mol. The number of rotatable bonds is 10. The lowest BCUT2D eigenvalue weighted by atomic mass is 10.00. The third-order valence-electron chi connectivity index (χ3n) is 6.27. The van der Waals surface area contributed by atoms with Crippen molar-refractivity contribution in [1.82, 2.24) is 25.2 Å². The van der Waals surface area contributed by atoms with E-state index in [2.05, 4.69) is 57.0 Å². The Morgan fingerprint density at radius 3 is 2.72 bits per heavy atom. The Bertz CT molecular complexity index is 1250. The molecule has 36 heavy (non-hydrogen) atoms. The van der Waals surface area contributed by atoms with Crippen LogP contribution in [-0.2, 0) is 19.3 Å². The molecule has 0 saturated heterocycles. The van der Waals surface area contributed by atoms with Crippen LogP contribution < -0.4 is 16.0 Å². The van der Waals surface area contributed by atoms with Gasteiger partial charge in [0.25, 0.3) is 0 Å². The van der Waals surface area contributed by atoms with Crippen LogP contribution in [0, 0.1) is 6.92 Å². The second-order valence-corrected chi connectivity index (χ2v) is 10.4. The lowest BCUT2D eigenvalue weighted by Crippen LogP contribution is -2.13. The van der Waals surface area contributed by atoms with Gasteiger partial charge in [-0.3, -0.25) is 4.98 Å². The fourth-order valence-corrected chi connectivity index (χ4v) is 4.84. The zero-order valence-corrected chi connectivity index (χ0v) is 23.0. The lowest BCUT2D eigenvalue weighted by molar-refractivity contribution is 0.400. The van der Waals surface area contributed by atoms with Crippen LogP contribution in [0.3, 0.4) is 0 Å². The maximum Gasteiger partial charge on any atom is 0.227 e. The minimum absolute atomic E-state index is 0.536. The minimum atomic E-state index is 0.536. The van der Waals surface area contributed by atoms with Crippen LogP contribution in [0.1, 0.15) is 35.2 Å². The molecule has 1 aliphatic rings. The molecule has 0 atom stereocenters. The summed E-state index contributed by atoms with van der Waals surface area (Å²) in [5, 5.41) is 10.7. The van der Waals surface area contributed by atoms with E-state index < -0.39 is 0 Å². The zero-order valence-electron chi connectivity index (χ0n) is 21.4. The lowest BCUT2D eigenvalue weighted by Gasteiger charge is -2.15. The molecule has 2 aromatic heterocycles. The summed E-state index contributed by atoms with van der Waals surface area (Å²) in [6, 6.07) is 6.26. The van der Waals surface area contributed by atoms with E-state index in [-0.39, 0.29) is 0 Å². The molecule has 0 amide bonds. The van der Waals surface area contributed by atoms with E-state index in [4.69, 9.17) is 28.8 Å². The molecule has 3 heterocycles. The molecule has 0 unspecified atom stereocenters. The molecule has 7 nitrogen and oxygen atoms in total. The highest BCUT2D eigenvalue weighted by Crippen LogP contribution is 2.37. The predicted molar refractivity (Wildman–Crippen MR) is 154 cm³/mol. The number of thiocarbonyl (C=S) groups is 1. The van der Waals surface area contributed by atoms with Gasteiger partial charge < -0.3 is 20.9 Å². The Kier molecular flexibility index (Phi) is 8.85. The Hall–Kier alpha value is -2.65. The van der Waals surface area contributed by atoms with E-state index >= 15 is 0 Å². The Labute approximate surface area is 224 Å². The first kappa shape index (κ1) is 26.4. The predicted octanol–water partition coefficient (Wildman–Crippen LogP) is 5.19. The van der Waals surface area contributed by atoms with Crippen molar-refractivity contribution in [2.24, 2.45) is 0 Å². The number of nitrogens with one attached hydrogen (secondary N) is 3. The highest BCUT2D eigenvalue weighted by Gasteiger charge is 2.21. The van der Waals surface area contributed by atoms with Gasteiger partial charge in [-0.2, -0.15) is 0 Å². The van der Waals surface area contributed by atoms with Gasteiger partial charge >= 0.3 is 0 Å². The summed E-state index contributed by atoms with van der Waals surface area (Å²) in [6.45, 7) is 3.97. The van der Waals surface area contributed by atoms with Crippen molar-refractivity contribution >= 4 is 46.1 Å². The van der Waals surface area contributed by atoms with Gasteiger partial charge in [0.1, 0.15) is 0 Å². The molecule has 0 bridgehead atoms. The summed E-state index contributed by atoms with van der Waals surface area (Å²) in [7, 11) is 6.14. The van der Waals surface area contributed by atoms with Crippen LogP contribution in [0.25, 0.3) is 11.3 Å². The van der Waals surface area contributed by atoms with E-state index in [1.165, 1.54) is 5.56 Å². The molecule has 4 rings (SSSR count). The second-order valence-electron chi connectivity index (χ2n) is 9.50. The first-order valence-electron chi connectivity index (χ1n) is 12.3. The normalized spacial score (nSPS) is 12.7. The highest BCUT2D eigenvalue weighted by atomic mass is 35.5. The van der Waals surface area contributed by atoms with Gasteiger partial charge in [0.05, 0.1) is 22.1 Å². The average molecular weight is 524 g/mol. The Balaban J connectivity index is 1.66. The van der Waals surface area contributed by atoms with E-state index in [1.807, 2.05) is 32.4 Å². The van der Waals surface area contributed by atoms with Crippen molar-refractivity contribution in [3.63, 3.8) is 0 Å². The van der Waals surface area contributed by atoms with E-state index in [0.29, 0.717) is 12.4 Å². The second kappa shape index (κ2) is 12.1. The molecule has 0 radical (unpaired) electrons. The van der Waals surface area contributed by atoms with Gasteiger partial charge in [0.15, 0.2) is 0 Å². The van der Waals surface area contributed by atoms with Crippen LogP contribution in [0.15, 0.2) is 30.6 Å². The Morgan fingerprint density at radius 2 is 1.94 bits per heavy atom. The summed E-state index contributed by atoms with van der Waals surface area (Å²) in [4.78, 5) is 17.1. The van der Waals surface area contributed by atoms with Gasteiger partial charge in [0, 0.05) is 40.7 Å². The van der Waals surface area contributed by atoms with Gasteiger partial charge in [-0.25, -0.2) is 9.97 Å². The molecule has 3 N–H and O–H groups in total. The molecule has 9 heteroatoms. The first-order chi connectivity index (χ1) is 17.3. The van der Waals surface area contributed by atoms with Gasteiger partial charge in [-0.15, -0.1) is 0 Å². The monoisotopic (exact) mass is 523 g/mol. The number of halogens is 1. The van der Waals surface area contributed by atoms with Crippen LogP contribution in [0.4, 0.5) is 17.3 Å². The molecule has 1 aromatic carbocycles. The molecule has 190 valence electrons. The number of pyridine rings is 1. The summed E-state index contributed by atoms with van der Waals surface area (Å²) in [5.41, 5.74) is 7.86. The molecule has 0 fully saturated rings. The molecule has 0 spiro atoms. The highest BCUT2D eigenvalue weighted by molar-refractivity contribution is 7.80. The number of nitrogens with zero attached hydrogens (tertiary/aromatic N) is 4. The van der Waals surface area contributed by atoms with E-state index in [9.17, 15) is 0 Å². The third-order valence-corrected chi connectivity index (χ3v) is 6.86. The summed E-state index contributed by atoms with van der Waals surface area (Å²) in [5.74, 6) is 0.536. The summed E-state index contributed by atoms with van der Waals surface area (Å²) in [6.07, 6.45) is 8.32. The Morgan fingerprint density at radius 1 is 1.11 bits per heavy atom. The van der Waals surface area contributed by atoms with Crippen molar-refractivity contribution in [3.05, 3.63) is 58.0 Å². The number of anilines is 3. The molecule has 0 aliphatic carbocycles. The van der Waals surface area contributed by atoms with Crippen molar-refractivity contribution in [1.29, 1.82) is 0 Å². The maximum absolute atomic E-state index is 6.67. The van der Waals surface area contributed by atoms with Crippen LogP contribution in [0.5, 0.6) is 0 Å². The molecular formula is C27H34ClN7S. The fraction of sp³-hybridized carbons (Fsp3) is 0.407. The number of benzene rings is 1. The van der Waals surface area contributed by atoms with Gasteiger partial charge in [-0.05, 0) is 96.2 Å². The van der Waals surface area contributed by atoms with Crippen molar-refractivity contribution < 1.29 is 0 Å². The first-order valence-corrected chi connectivity index (χ1v) is 13.1. The average Bonchev–Trinajstić information content (AvgIpc) is 2.96. The van der Waals surface area contributed by atoms with Crippen LogP contribution in [-0.4, -0.2) is 59.1 Å². The fourth-order valence-electron chi connectivity index (χ4n) is 4.32. The SMILES string of the molecule is CNCCCc1cnc(C)c(Nc2ncc3c(n2)-c2cc(CCCN(C)C)c(Cl)cc2NC(=S)C3)c1. The number of hydrogen-bond donors (Lipinski definition) is 3. The standard InChI is InChI=1S/C27H34ClN7S/c1-17-23(11-18(15-30-17)7-5-9-29-2)33-27-31-16-20-13-25(36)32-24-14-22(28)19(8-6-10-35(3)4)12-21(24)26(20)34-27/h11-12,14-16,29H,5-10,13H2,1-4H3,(H,32,36)(H,31,33,34). The largest absolute Gasteiger partial charge is 0.349 e. The van der Waals surface area contributed by atoms with Crippen molar-refractivity contribution in [2.45, 2.75) is 39.0 Å². The minimum Gasteiger partial charge on any atom is -0.349 e. The number of aryl methyl sites for hydroxylation is 3. The van der Waals surface area contributed by atoms with E-state index in [1.54, 1.807) is 0 Å². The third kappa shape index (κ3) is 6.56. The molecule has 3 aromatic rings. The number of hydrogen-bond acceptors (Lipinski definition) is 7. The summed E-state index contributed by atoms with van der Waals surface area (Å²) >= 11 is 12.3. The van der Waals surface area contributed by atoms with Gasteiger partial charge in [-0.1, -0.05) is 23.8 Å². The topological polar surface area (TPSA) is 78.0 Å². The van der Waals surface area contributed by atoms with Crippen LogP contribution in [0.2, 0.25) is 5.02 Å². The smallest absolute Gasteiger partial charge is 0.227 e. The zero-order chi connectivity index (χ0) is 25.7. The summed E-state index contributed by atoms with van der Waals surface area (Å²) < 4.78 is 0. The molecule has 0 saturated carbocycles. The van der Waals surface area contributed by atoms with Crippen molar-refractivity contribution in [2.75, 3.05) is 44.9 Å². The molecule has 1 aliphatic heterocycles. The van der Waals surface area contributed by atoms with E-state index in [0.717, 1.165) is 88.2 Å². The number of aromatic nitrogens is 3. The van der Waals surface area contributed by atoms with Crippen LogP contribution >= 0.6 is 23.8 Å². The number of fused-ring (bicyclic) bond motifs is 3. The maximum atomic E-state index is 6.67. The van der Waals surface area contributed by atoms with Crippen molar-refractivity contribution in [3.8, 4) is 11.3 Å².